The molecule has 0 aliphatic carbocycles. The Morgan fingerprint density at radius 1 is 1.10 bits per heavy atom. The van der Waals surface area contributed by atoms with Gasteiger partial charge in [-0.1, -0.05) is 30.3 Å². The molecule has 1 fully saturated rings. The van der Waals surface area contributed by atoms with Crippen LogP contribution in [-0.4, -0.2) is 17.6 Å². The average Bonchev–Trinajstić information content (AvgIpc) is 2.93. The first-order valence-electron chi connectivity index (χ1n) is 7.16. The van der Waals surface area contributed by atoms with Crippen LogP contribution in [0.1, 0.15) is 18.4 Å². The van der Waals surface area contributed by atoms with Crippen LogP contribution in [0, 0.1) is 0 Å². The van der Waals surface area contributed by atoms with Crippen molar-refractivity contribution in [3.63, 3.8) is 0 Å². The lowest BCUT2D eigenvalue weighted by Gasteiger charge is -2.20. The first kappa shape index (κ1) is 13.5. The SMILES string of the molecule is O=C1CCCN1c1ccccc1NCc1ccccc1O. The highest BCUT2D eigenvalue weighted by atomic mass is 16.3. The number of anilines is 2. The number of para-hydroxylation sites is 3. The maximum absolute atomic E-state index is 11.9. The highest BCUT2D eigenvalue weighted by Gasteiger charge is 2.23. The average molecular weight is 282 g/mol. The van der Waals surface area contributed by atoms with Crippen molar-refractivity contribution in [1.82, 2.24) is 0 Å². The molecule has 0 radical (unpaired) electrons. The molecule has 3 rings (SSSR count). The van der Waals surface area contributed by atoms with Gasteiger partial charge in [-0.2, -0.15) is 0 Å². The van der Waals surface area contributed by atoms with Gasteiger partial charge in [0.25, 0.3) is 0 Å². The van der Waals surface area contributed by atoms with Crippen LogP contribution in [0.3, 0.4) is 0 Å². The Balaban J connectivity index is 1.80. The number of phenolic OH excluding ortho intramolecular Hbond substituents is 1. The fourth-order valence-corrected chi connectivity index (χ4v) is 2.61. The second kappa shape index (κ2) is 5.87. The van der Waals surface area contributed by atoms with E-state index in [2.05, 4.69) is 5.32 Å². The Bertz CT molecular complexity index is 655. The van der Waals surface area contributed by atoms with E-state index in [4.69, 9.17) is 0 Å². The van der Waals surface area contributed by atoms with Gasteiger partial charge in [-0.15, -0.1) is 0 Å². The number of benzene rings is 2. The predicted octanol–water partition coefficient (Wildman–Crippen LogP) is 3.13. The number of carbonyl (C=O) groups is 1. The lowest BCUT2D eigenvalue weighted by Crippen LogP contribution is -2.24. The van der Waals surface area contributed by atoms with Crippen LogP contribution in [0.25, 0.3) is 0 Å². The summed E-state index contributed by atoms with van der Waals surface area (Å²) in [5, 5.41) is 13.1. The summed E-state index contributed by atoms with van der Waals surface area (Å²) in [4.78, 5) is 13.7. The minimum Gasteiger partial charge on any atom is -0.508 e. The van der Waals surface area contributed by atoms with Crippen molar-refractivity contribution in [2.45, 2.75) is 19.4 Å². The minimum absolute atomic E-state index is 0.173. The van der Waals surface area contributed by atoms with Crippen molar-refractivity contribution < 1.29 is 9.90 Å². The molecule has 4 nitrogen and oxygen atoms in total. The molecule has 1 amide bonds. The Labute approximate surface area is 124 Å². The van der Waals surface area contributed by atoms with Crippen LogP contribution in [0.2, 0.25) is 0 Å². The van der Waals surface area contributed by atoms with E-state index in [0.717, 1.165) is 29.9 Å². The Hall–Kier alpha value is -2.49. The predicted molar refractivity (Wildman–Crippen MR) is 83.5 cm³/mol. The Morgan fingerprint density at radius 2 is 1.86 bits per heavy atom. The molecule has 4 heteroatoms. The number of hydrogen-bond donors (Lipinski definition) is 2. The van der Waals surface area contributed by atoms with Crippen molar-refractivity contribution in [1.29, 1.82) is 0 Å². The zero-order valence-corrected chi connectivity index (χ0v) is 11.7. The monoisotopic (exact) mass is 282 g/mol. The van der Waals surface area contributed by atoms with Crippen molar-refractivity contribution in [2.75, 3.05) is 16.8 Å². The lowest BCUT2D eigenvalue weighted by atomic mass is 10.2. The summed E-state index contributed by atoms with van der Waals surface area (Å²) in [7, 11) is 0. The molecule has 2 aromatic carbocycles. The van der Waals surface area contributed by atoms with E-state index in [1.807, 2.05) is 41.3 Å². The molecule has 0 bridgehead atoms. The second-order valence-corrected chi connectivity index (χ2v) is 5.15. The molecule has 21 heavy (non-hydrogen) atoms. The molecular weight excluding hydrogens is 264 g/mol. The standard InChI is InChI=1S/C17H18N2O2/c20-16-9-4-1-6-13(16)12-18-14-7-2-3-8-15(14)19-11-5-10-17(19)21/h1-4,6-9,18,20H,5,10-12H2. The zero-order valence-electron chi connectivity index (χ0n) is 11.7. The van der Waals surface area contributed by atoms with Gasteiger partial charge in [-0.25, -0.2) is 0 Å². The summed E-state index contributed by atoms with van der Waals surface area (Å²) in [6.45, 7) is 1.29. The number of amides is 1. The summed E-state index contributed by atoms with van der Waals surface area (Å²) in [5.74, 6) is 0.450. The maximum atomic E-state index is 11.9. The number of nitrogens with zero attached hydrogens (tertiary/aromatic N) is 1. The summed E-state index contributed by atoms with van der Waals surface area (Å²) >= 11 is 0. The van der Waals surface area contributed by atoms with Gasteiger partial charge in [0, 0.05) is 25.1 Å². The van der Waals surface area contributed by atoms with E-state index >= 15 is 0 Å². The highest BCUT2D eigenvalue weighted by Crippen LogP contribution is 2.30. The third-order valence-corrected chi connectivity index (χ3v) is 3.73. The quantitative estimate of drug-likeness (QED) is 0.906. The van der Waals surface area contributed by atoms with E-state index in [1.165, 1.54) is 0 Å². The lowest BCUT2D eigenvalue weighted by molar-refractivity contribution is -0.117. The smallest absolute Gasteiger partial charge is 0.227 e. The van der Waals surface area contributed by atoms with Gasteiger partial charge in [-0.05, 0) is 24.6 Å². The van der Waals surface area contributed by atoms with E-state index < -0.39 is 0 Å². The van der Waals surface area contributed by atoms with E-state index in [0.29, 0.717) is 13.0 Å². The van der Waals surface area contributed by atoms with Crippen LogP contribution in [-0.2, 0) is 11.3 Å². The van der Waals surface area contributed by atoms with Gasteiger partial charge >= 0.3 is 0 Å². The fourth-order valence-electron chi connectivity index (χ4n) is 2.61. The first-order chi connectivity index (χ1) is 10.3. The zero-order chi connectivity index (χ0) is 14.7. The van der Waals surface area contributed by atoms with Gasteiger partial charge in [0.1, 0.15) is 5.75 Å². The number of rotatable bonds is 4. The maximum Gasteiger partial charge on any atom is 0.227 e. The van der Waals surface area contributed by atoms with Crippen molar-refractivity contribution in [3.05, 3.63) is 54.1 Å². The molecule has 1 heterocycles. The minimum atomic E-state index is 0.173. The molecule has 1 aliphatic heterocycles. The fraction of sp³-hybridized carbons (Fsp3) is 0.235. The molecule has 0 saturated carbocycles. The molecule has 2 aromatic rings. The first-order valence-corrected chi connectivity index (χ1v) is 7.16. The van der Waals surface area contributed by atoms with Crippen LogP contribution in [0.4, 0.5) is 11.4 Å². The number of nitrogens with one attached hydrogen (secondary N) is 1. The number of phenols is 1. The third kappa shape index (κ3) is 2.84. The van der Waals surface area contributed by atoms with E-state index in [9.17, 15) is 9.90 Å². The molecule has 0 unspecified atom stereocenters. The molecule has 1 aliphatic rings. The van der Waals surface area contributed by atoms with Gasteiger partial charge < -0.3 is 15.3 Å². The summed E-state index contributed by atoms with van der Waals surface area (Å²) < 4.78 is 0. The molecule has 1 saturated heterocycles. The van der Waals surface area contributed by atoms with Crippen LogP contribution >= 0.6 is 0 Å². The number of aromatic hydroxyl groups is 1. The highest BCUT2D eigenvalue weighted by molar-refractivity contribution is 5.98. The van der Waals surface area contributed by atoms with Gasteiger partial charge in [-0.3, -0.25) is 4.79 Å². The summed E-state index contributed by atoms with van der Waals surface area (Å²) in [6.07, 6.45) is 1.53. The van der Waals surface area contributed by atoms with Crippen LogP contribution in [0.5, 0.6) is 5.75 Å². The molecule has 0 aromatic heterocycles. The number of carbonyl (C=O) groups excluding carboxylic acids is 1. The second-order valence-electron chi connectivity index (χ2n) is 5.15. The largest absolute Gasteiger partial charge is 0.508 e. The third-order valence-electron chi connectivity index (χ3n) is 3.73. The van der Waals surface area contributed by atoms with Crippen LogP contribution in [0.15, 0.2) is 48.5 Å². The van der Waals surface area contributed by atoms with Gasteiger partial charge in [0.15, 0.2) is 0 Å². The number of hydrogen-bond acceptors (Lipinski definition) is 3. The molecule has 108 valence electrons. The Kier molecular flexibility index (Phi) is 3.77. The van der Waals surface area contributed by atoms with Gasteiger partial charge in [0.2, 0.25) is 5.91 Å². The van der Waals surface area contributed by atoms with Crippen molar-refractivity contribution in [2.24, 2.45) is 0 Å². The normalized spacial score (nSPS) is 14.5. The van der Waals surface area contributed by atoms with E-state index in [1.54, 1.807) is 12.1 Å². The molecule has 0 atom stereocenters. The van der Waals surface area contributed by atoms with Crippen LogP contribution < -0.4 is 10.2 Å². The molecule has 2 N–H and O–H groups in total. The van der Waals surface area contributed by atoms with Crippen molar-refractivity contribution >= 4 is 17.3 Å². The van der Waals surface area contributed by atoms with Crippen molar-refractivity contribution in [3.8, 4) is 5.75 Å². The van der Waals surface area contributed by atoms with Gasteiger partial charge in [0.05, 0.1) is 11.4 Å². The Morgan fingerprint density at radius 3 is 2.62 bits per heavy atom. The van der Waals surface area contributed by atoms with E-state index in [-0.39, 0.29) is 11.7 Å². The topological polar surface area (TPSA) is 52.6 Å². The summed E-state index contributed by atoms with van der Waals surface area (Å²) in [6, 6.07) is 15.0. The molecule has 0 spiro atoms. The summed E-state index contributed by atoms with van der Waals surface area (Å²) in [5.41, 5.74) is 2.66. The molecular formula is C17H18N2O2.